The third-order valence-corrected chi connectivity index (χ3v) is 6.68. The molecule has 12 heteroatoms. The number of esters is 1. The van der Waals surface area contributed by atoms with Crippen LogP contribution in [0.1, 0.15) is 50.7 Å². The van der Waals surface area contributed by atoms with Crippen molar-refractivity contribution in [3.63, 3.8) is 0 Å². The number of aliphatic hydroxyl groups excluding tert-OH is 1. The number of hydrogen-bond acceptors (Lipinski definition) is 12. The van der Waals surface area contributed by atoms with Crippen LogP contribution >= 0.6 is 11.3 Å². The van der Waals surface area contributed by atoms with Crippen LogP contribution in [0.15, 0.2) is 42.5 Å². The summed E-state index contributed by atoms with van der Waals surface area (Å²) in [5.41, 5.74) is 8.26. The Morgan fingerprint density at radius 3 is 2.24 bits per heavy atom. The van der Waals surface area contributed by atoms with Crippen molar-refractivity contribution in [1.29, 1.82) is 5.26 Å². The summed E-state index contributed by atoms with van der Waals surface area (Å²) < 4.78 is 16.1. The first-order valence-corrected chi connectivity index (χ1v) is 14.8. The Morgan fingerprint density at radius 1 is 1.11 bits per heavy atom. The van der Waals surface area contributed by atoms with Crippen LogP contribution in [-0.4, -0.2) is 95.3 Å². The molecule has 3 rings (SSSR count). The minimum atomic E-state index is -0.381. The van der Waals surface area contributed by atoms with E-state index in [1.165, 1.54) is 23.9 Å². The third-order valence-electron chi connectivity index (χ3n) is 5.50. The normalized spacial score (nSPS) is 9.49. The highest BCUT2D eigenvalue weighted by Crippen LogP contribution is 2.31. The first kappa shape index (κ1) is 43.1. The molecule has 0 amide bonds. The van der Waals surface area contributed by atoms with Gasteiger partial charge in [0.2, 0.25) is 0 Å². The molecule has 1 heterocycles. The molecule has 0 fully saturated rings. The van der Waals surface area contributed by atoms with Crippen molar-refractivity contribution in [2.24, 2.45) is 11.7 Å². The molecule has 0 unspecified atom stereocenters. The molecule has 3 aromatic rings. The molecular formula is C33H48N4O7S. The zero-order valence-corrected chi connectivity index (χ0v) is 28.5. The predicted octanol–water partition coefficient (Wildman–Crippen LogP) is 4.57. The van der Waals surface area contributed by atoms with Gasteiger partial charge in [0.05, 0.1) is 24.5 Å². The largest absolute Gasteiger partial charge is 0.492 e. The number of aldehydes is 1. The zero-order chi connectivity index (χ0) is 34.8. The molecule has 0 aliphatic rings. The second kappa shape index (κ2) is 26.4. The van der Waals surface area contributed by atoms with Crippen molar-refractivity contribution in [1.82, 2.24) is 9.88 Å². The topological polar surface area (TPSA) is 165 Å². The van der Waals surface area contributed by atoms with Gasteiger partial charge in [0.1, 0.15) is 41.4 Å². The van der Waals surface area contributed by atoms with Gasteiger partial charge in [-0.3, -0.25) is 4.79 Å². The summed E-state index contributed by atoms with van der Waals surface area (Å²) in [4.78, 5) is 37.6. The maximum atomic E-state index is 12.5. The highest BCUT2D eigenvalue weighted by Gasteiger charge is 2.19. The quantitative estimate of drug-likeness (QED) is 0.210. The molecule has 2 aromatic carbocycles. The maximum Gasteiger partial charge on any atom is 0.350 e. The Hall–Kier alpha value is -3.99. The molecule has 0 saturated carbocycles. The molecule has 0 spiro atoms. The van der Waals surface area contributed by atoms with E-state index in [-0.39, 0.29) is 5.97 Å². The number of thiazole rings is 1. The first-order chi connectivity index (χ1) is 21.7. The Morgan fingerprint density at radius 2 is 1.71 bits per heavy atom. The summed E-state index contributed by atoms with van der Waals surface area (Å²) in [6.45, 7) is 12.8. The molecule has 0 saturated heterocycles. The number of likely N-dealkylation sites (N-methyl/N-ethyl adjacent to an activating group) is 1. The molecule has 0 radical (unpaired) electrons. The van der Waals surface area contributed by atoms with Crippen LogP contribution in [0.4, 0.5) is 0 Å². The first-order valence-electron chi connectivity index (χ1n) is 14.0. The molecule has 3 N–H and O–H groups in total. The van der Waals surface area contributed by atoms with E-state index in [1.54, 1.807) is 26.2 Å². The lowest BCUT2D eigenvalue weighted by Crippen LogP contribution is -2.27. The number of aromatic nitrogens is 1. The maximum absolute atomic E-state index is 12.5. The van der Waals surface area contributed by atoms with E-state index < -0.39 is 0 Å². The predicted molar refractivity (Wildman–Crippen MR) is 179 cm³/mol. The average molecular weight is 645 g/mol. The van der Waals surface area contributed by atoms with Crippen molar-refractivity contribution in [2.45, 2.75) is 27.7 Å². The van der Waals surface area contributed by atoms with Crippen molar-refractivity contribution in [3.05, 3.63) is 69.7 Å². The van der Waals surface area contributed by atoms with Gasteiger partial charge >= 0.3 is 5.97 Å². The second-order valence-corrected chi connectivity index (χ2v) is 10.4. The van der Waals surface area contributed by atoms with Gasteiger partial charge in [0.15, 0.2) is 0 Å². The molecule has 11 nitrogen and oxygen atoms in total. The SMILES string of the molecule is C=O.CN.CO.COCCN(C)CCOC(=O)c1sc(-c2ccc(OCC(C)C)c(C#N)c2)nc1C.Cc1ccc(C=O)cc1. The van der Waals surface area contributed by atoms with Crippen LogP contribution in [0.25, 0.3) is 10.6 Å². The number of aryl methyl sites for hydroxylation is 2. The Labute approximate surface area is 271 Å². The van der Waals surface area contributed by atoms with E-state index in [0.717, 1.165) is 31.1 Å². The van der Waals surface area contributed by atoms with Gasteiger partial charge in [-0.15, -0.1) is 11.3 Å². The number of hydrogen-bond donors (Lipinski definition) is 2. The van der Waals surface area contributed by atoms with Crippen molar-refractivity contribution in [2.75, 3.05) is 61.2 Å². The number of carbonyl (C=O) groups is 3. The molecular weight excluding hydrogens is 596 g/mol. The highest BCUT2D eigenvalue weighted by molar-refractivity contribution is 7.17. The minimum absolute atomic E-state index is 0.298. The van der Waals surface area contributed by atoms with Crippen LogP contribution in [0.3, 0.4) is 0 Å². The number of aliphatic hydroxyl groups is 1. The third kappa shape index (κ3) is 17.2. The van der Waals surface area contributed by atoms with Gasteiger partial charge in [0.25, 0.3) is 0 Å². The Bertz CT molecular complexity index is 1280. The number of carbonyl (C=O) groups excluding carboxylic acids is 3. The van der Waals surface area contributed by atoms with Crippen molar-refractivity contribution in [3.8, 4) is 22.4 Å². The standard InChI is InChI=1S/C22H29N3O4S.C8H8O.CH5N.CH4O.CH2O/c1-15(2)14-29-19-7-6-17(12-18(19)13-23)21-24-16(3)20(30-21)22(26)28-11-9-25(4)8-10-27-5;1-7-2-4-8(6-9)5-3-7;3*1-2/h6-7,12,15H,8-11,14H2,1-5H3;2-6H,1H3;2H2,1H3;2H,1H3;1H2. The summed E-state index contributed by atoms with van der Waals surface area (Å²) in [5, 5.41) is 17.1. The fourth-order valence-corrected chi connectivity index (χ4v) is 4.16. The fraction of sp³-hybridized carbons (Fsp3) is 0.424. The molecule has 0 bridgehead atoms. The minimum Gasteiger partial charge on any atom is -0.492 e. The number of ether oxygens (including phenoxy) is 3. The molecule has 45 heavy (non-hydrogen) atoms. The smallest absolute Gasteiger partial charge is 0.350 e. The van der Waals surface area contributed by atoms with Crippen LogP contribution in [0.5, 0.6) is 5.75 Å². The number of nitriles is 1. The van der Waals surface area contributed by atoms with Gasteiger partial charge in [0, 0.05) is 38.4 Å². The van der Waals surface area contributed by atoms with E-state index in [0.29, 0.717) is 59.2 Å². The molecule has 0 atom stereocenters. The van der Waals surface area contributed by atoms with Gasteiger partial charge < -0.3 is 34.7 Å². The lowest BCUT2D eigenvalue weighted by atomic mass is 10.1. The van der Waals surface area contributed by atoms with E-state index in [9.17, 15) is 14.9 Å². The molecule has 1 aromatic heterocycles. The Balaban J connectivity index is 0. The van der Waals surface area contributed by atoms with E-state index >= 15 is 0 Å². The monoisotopic (exact) mass is 644 g/mol. The van der Waals surface area contributed by atoms with Crippen molar-refractivity contribution < 1.29 is 33.7 Å². The zero-order valence-electron chi connectivity index (χ0n) is 27.7. The number of nitrogens with two attached hydrogens (primary N) is 1. The summed E-state index contributed by atoms with van der Waals surface area (Å²) in [6, 6.07) is 15.0. The van der Waals surface area contributed by atoms with Gasteiger partial charge in [-0.25, -0.2) is 9.78 Å². The summed E-state index contributed by atoms with van der Waals surface area (Å²) in [7, 11) is 6.11. The summed E-state index contributed by atoms with van der Waals surface area (Å²) in [5.74, 6) is 0.542. The van der Waals surface area contributed by atoms with Crippen LogP contribution < -0.4 is 10.5 Å². The van der Waals surface area contributed by atoms with Crippen LogP contribution in [-0.2, 0) is 14.3 Å². The second-order valence-electron chi connectivity index (χ2n) is 9.42. The molecule has 0 aliphatic carbocycles. The fourth-order valence-electron chi connectivity index (χ4n) is 3.21. The lowest BCUT2D eigenvalue weighted by Gasteiger charge is -2.15. The molecule has 0 aliphatic heterocycles. The lowest BCUT2D eigenvalue weighted by molar-refractivity contribution is -0.0980. The van der Waals surface area contributed by atoms with Crippen molar-refractivity contribution >= 4 is 30.4 Å². The average Bonchev–Trinajstić information content (AvgIpc) is 3.47. The highest BCUT2D eigenvalue weighted by atomic mass is 32.1. The van der Waals surface area contributed by atoms with E-state index in [2.05, 4.69) is 30.6 Å². The molecule has 248 valence electrons. The number of nitrogens with zero attached hydrogens (tertiary/aromatic N) is 3. The van der Waals surface area contributed by atoms with Crippen LogP contribution in [0, 0.1) is 31.1 Å². The van der Waals surface area contributed by atoms with E-state index in [1.807, 2.05) is 56.0 Å². The van der Waals surface area contributed by atoms with Crippen LogP contribution in [0.2, 0.25) is 0 Å². The Kier molecular flexibility index (Phi) is 25.3. The number of methoxy groups -OCH3 is 1. The van der Waals surface area contributed by atoms with Gasteiger partial charge in [-0.2, -0.15) is 5.26 Å². The number of benzene rings is 2. The van der Waals surface area contributed by atoms with Gasteiger partial charge in [-0.1, -0.05) is 43.7 Å². The van der Waals surface area contributed by atoms with Gasteiger partial charge in [-0.05, 0) is 52.1 Å². The number of rotatable bonds is 12. The summed E-state index contributed by atoms with van der Waals surface area (Å²) in [6.07, 6.45) is 0.847. The van der Waals surface area contributed by atoms with E-state index in [4.69, 9.17) is 24.1 Å². The summed E-state index contributed by atoms with van der Waals surface area (Å²) >= 11 is 1.27.